The molecule has 4 rings (SSSR count). The molecule has 38 heavy (non-hydrogen) atoms. The van der Waals surface area contributed by atoms with Crippen LogP contribution in [0, 0.1) is 28.4 Å². The average molecular weight is 528 g/mol. The van der Waals surface area contributed by atoms with Crippen LogP contribution in [0.1, 0.15) is 43.7 Å². The van der Waals surface area contributed by atoms with Crippen molar-refractivity contribution >= 4 is 17.7 Å². The fraction of sp³-hybridized carbons (Fsp3) is 0.483. The molecule has 2 aromatic carbocycles. The SMILES string of the molecule is CN1CC(c2ccccc2)C2(CCCN(C(=O)[C@@H](COCc3ccc(F)cc3F)C(C)(C)C(N)=O)C2)C1=O. The number of halogens is 2. The van der Waals surface area contributed by atoms with Crippen LogP contribution in [-0.4, -0.2) is 60.8 Å². The Morgan fingerprint density at radius 1 is 1.18 bits per heavy atom. The van der Waals surface area contributed by atoms with Crippen LogP contribution < -0.4 is 5.73 Å². The second-order valence-corrected chi connectivity index (χ2v) is 11.1. The van der Waals surface area contributed by atoms with E-state index in [0.717, 1.165) is 17.7 Å². The van der Waals surface area contributed by atoms with Crippen molar-refractivity contribution < 1.29 is 27.9 Å². The summed E-state index contributed by atoms with van der Waals surface area (Å²) < 4.78 is 33.1. The van der Waals surface area contributed by atoms with Crippen LogP contribution >= 0.6 is 0 Å². The molecule has 2 saturated heterocycles. The van der Waals surface area contributed by atoms with E-state index in [1.807, 2.05) is 30.3 Å². The Balaban J connectivity index is 1.57. The number of benzene rings is 2. The molecule has 3 amide bonds. The molecule has 2 unspecified atom stereocenters. The third-order valence-corrected chi connectivity index (χ3v) is 8.30. The zero-order chi connectivity index (χ0) is 27.7. The first kappa shape index (κ1) is 27.7. The molecule has 0 aromatic heterocycles. The molecule has 0 bridgehead atoms. The molecule has 204 valence electrons. The minimum Gasteiger partial charge on any atom is -0.376 e. The Kier molecular flexibility index (Phi) is 7.88. The van der Waals surface area contributed by atoms with Gasteiger partial charge in [-0.15, -0.1) is 0 Å². The highest BCUT2D eigenvalue weighted by molar-refractivity contribution is 5.91. The molecule has 2 N–H and O–H groups in total. The molecule has 0 radical (unpaired) electrons. The van der Waals surface area contributed by atoms with E-state index >= 15 is 0 Å². The summed E-state index contributed by atoms with van der Waals surface area (Å²) in [7, 11) is 1.79. The zero-order valence-electron chi connectivity index (χ0n) is 22.1. The molecular weight excluding hydrogens is 492 g/mol. The van der Waals surface area contributed by atoms with Crippen molar-refractivity contribution in [1.82, 2.24) is 9.80 Å². The lowest BCUT2D eigenvalue weighted by atomic mass is 9.68. The summed E-state index contributed by atoms with van der Waals surface area (Å²) >= 11 is 0. The number of hydrogen-bond acceptors (Lipinski definition) is 4. The van der Waals surface area contributed by atoms with Gasteiger partial charge in [-0.05, 0) is 24.5 Å². The number of nitrogens with two attached hydrogens (primary N) is 1. The van der Waals surface area contributed by atoms with E-state index in [-0.39, 0.29) is 43.1 Å². The minimum absolute atomic E-state index is 0.0117. The van der Waals surface area contributed by atoms with Gasteiger partial charge in [0.05, 0.1) is 30.0 Å². The second-order valence-electron chi connectivity index (χ2n) is 11.1. The number of amides is 3. The van der Waals surface area contributed by atoms with Crippen LogP contribution in [0.3, 0.4) is 0 Å². The molecule has 2 aromatic rings. The average Bonchev–Trinajstić information content (AvgIpc) is 3.12. The van der Waals surface area contributed by atoms with E-state index in [9.17, 15) is 23.2 Å². The standard InChI is InChI=1S/C29H35F2N3O4/c1-28(2,26(32)36)23(17-38-16-20-10-11-21(30)14-24(20)31)25(35)34-13-7-12-29(18-34)22(15-33(3)27(29)37)19-8-5-4-6-9-19/h4-6,8-11,14,22-23H,7,12-13,15-18H2,1-3H3,(H2,32,36)/t22?,23-,29?/m1/s1. The molecule has 2 aliphatic rings. The summed E-state index contributed by atoms with van der Waals surface area (Å²) in [4.78, 5) is 43.3. The molecule has 3 atom stereocenters. The Hall–Kier alpha value is -3.33. The number of likely N-dealkylation sites (N-methyl/N-ethyl adjacent to an activating group) is 1. The van der Waals surface area contributed by atoms with Crippen molar-refractivity contribution in [2.75, 3.05) is 33.3 Å². The summed E-state index contributed by atoms with van der Waals surface area (Å²) in [5.41, 5.74) is 4.85. The van der Waals surface area contributed by atoms with E-state index < -0.39 is 34.3 Å². The van der Waals surface area contributed by atoms with Crippen molar-refractivity contribution in [2.24, 2.45) is 22.5 Å². The molecule has 0 saturated carbocycles. The van der Waals surface area contributed by atoms with Gasteiger partial charge in [-0.2, -0.15) is 0 Å². The third-order valence-electron chi connectivity index (χ3n) is 8.30. The Bertz CT molecular complexity index is 1210. The number of hydrogen-bond donors (Lipinski definition) is 1. The first-order valence-electron chi connectivity index (χ1n) is 12.9. The van der Waals surface area contributed by atoms with E-state index in [2.05, 4.69) is 0 Å². The molecule has 2 aliphatic heterocycles. The van der Waals surface area contributed by atoms with Crippen LogP contribution in [0.2, 0.25) is 0 Å². The quantitative estimate of drug-likeness (QED) is 0.569. The van der Waals surface area contributed by atoms with Crippen molar-refractivity contribution in [2.45, 2.75) is 39.2 Å². The topological polar surface area (TPSA) is 92.9 Å². The van der Waals surface area contributed by atoms with Gasteiger partial charge in [0.25, 0.3) is 0 Å². The largest absolute Gasteiger partial charge is 0.376 e. The fourth-order valence-electron chi connectivity index (χ4n) is 5.81. The molecule has 2 heterocycles. The first-order valence-corrected chi connectivity index (χ1v) is 12.9. The number of likely N-dealkylation sites (tertiary alicyclic amines) is 2. The summed E-state index contributed by atoms with van der Waals surface area (Å²) in [6.45, 7) is 4.01. The van der Waals surface area contributed by atoms with Gasteiger partial charge >= 0.3 is 0 Å². The number of primary amides is 1. The van der Waals surface area contributed by atoms with Gasteiger partial charge in [0.2, 0.25) is 17.7 Å². The molecule has 7 nitrogen and oxygen atoms in total. The molecule has 2 fully saturated rings. The fourth-order valence-corrected chi connectivity index (χ4v) is 5.81. The molecule has 0 aliphatic carbocycles. The van der Waals surface area contributed by atoms with Gasteiger partial charge in [0.15, 0.2) is 0 Å². The summed E-state index contributed by atoms with van der Waals surface area (Å²) in [6, 6.07) is 13.0. The normalized spacial score (nSPS) is 22.7. The van der Waals surface area contributed by atoms with Crippen LogP contribution in [0.4, 0.5) is 8.78 Å². The maximum absolute atomic E-state index is 14.1. The highest BCUT2D eigenvalue weighted by Gasteiger charge is 2.56. The van der Waals surface area contributed by atoms with E-state index in [4.69, 9.17) is 10.5 Å². The molecule has 9 heteroatoms. The Labute approximate surface area is 221 Å². The lowest BCUT2D eigenvalue weighted by molar-refractivity contribution is -0.154. The predicted octanol–water partition coefficient (Wildman–Crippen LogP) is 3.47. The lowest BCUT2D eigenvalue weighted by Gasteiger charge is -2.44. The minimum atomic E-state index is -1.27. The van der Waals surface area contributed by atoms with E-state index in [1.165, 1.54) is 6.07 Å². The van der Waals surface area contributed by atoms with Gasteiger partial charge in [-0.1, -0.05) is 50.2 Å². The van der Waals surface area contributed by atoms with E-state index in [1.54, 1.807) is 30.7 Å². The molecule has 1 spiro atoms. The number of piperidine rings is 1. The van der Waals surface area contributed by atoms with Crippen LogP contribution in [0.15, 0.2) is 48.5 Å². The number of carbonyl (C=O) groups is 3. The van der Waals surface area contributed by atoms with Crippen LogP contribution in [0.5, 0.6) is 0 Å². The smallest absolute Gasteiger partial charge is 0.231 e. The Morgan fingerprint density at radius 3 is 2.55 bits per heavy atom. The van der Waals surface area contributed by atoms with Crippen LogP contribution in [-0.2, 0) is 25.7 Å². The summed E-state index contributed by atoms with van der Waals surface area (Å²) in [5, 5.41) is 0. The molecular formula is C29H35F2N3O4. The van der Waals surface area contributed by atoms with Crippen molar-refractivity contribution in [1.29, 1.82) is 0 Å². The van der Waals surface area contributed by atoms with Crippen molar-refractivity contribution in [3.05, 3.63) is 71.3 Å². The zero-order valence-corrected chi connectivity index (χ0v) is 22.1. The van der Waals surface area contributed by atoms with Gasteiger partial charge in [0.1, 0.15) is 11.6 Å². The third kappa shape index (κ3) is 5.16. The van der Waals surface area contributed by atoms with E-state index in [0.29, 0.717) is 25.9 Å². The summed E-state index contributed by atoms with van der Waals surface area (Å²) in [6.07, 6.45) is 1.30. The Morgan fingerprint density at radius 2 is 1.89 bits per heavy atom. The van der Waals surface area contributed by atoms with Crippen molar-refractivity contribution in [3.63, 3.8) is 0 Å². The maximum Gasteiger partial charge on any atom is 0.231 e. The second kappa shape index (κ2) is 10.8. The maximum atomic E-state index is 14.1. The number of ether oxygens (including phenoxy) is 1. The highest BCUT2D eigenvalue weighted by atomic mass is 19.1. The van der Waals surface area contributed by atoms with Gasteiger partial charge in [0, 0.05) is 44.2 Å². The number of carbonyl (C=O) groups excluding carboxylic acids is 3. The predicted molar refractivity (Wildman–Crippen MR) is 138 cm³/mol. The highest BCUT2D eigenvalue weighted by Crippen LogP contribution is 2.49. The van der Waals surface area contributed by atoms with Gasteiger partial charge in [-0.3, -0.25) is 14.4 Å². The summed E-state index contributed by atoms with van der Waals surface area (Å²) in [5.74, 6) is -3.47. The number of rotatable bonds is 8. The first-order chi connectivity index (χ1) is 18.0. The number of nitrogens with zero attached hydrogens (tertiary/aromatic N) is 2. The van der Waals surface area contributed by atoms with Gasteiger partial charge in [-0.25, -0.2) is 8.78 Å². The lowest BCUT2D eigenvalue weighted by Crippen LogP contribution is -2.56. The van der Waals surface area contributed by atoms with Crippen LogP contribution in [0.25, 0.3) is 0 Å². The van der Waals surface area contributed by atoms with Crippen molar-refractivity contribution in [3.8, 4) is 0 Å². The van der Waals surface area contributed by atoms with Gasteiger partial charge < -0.3 is 20.3 Å². The monoisotopic (exact) mass is 527 g/mol.